The molecule has 2 saturated heterocycles. The second-order valence-corrected chi connectivity index (χ2v) is 7.20. The Morgan fingerprint density at radius 1 is 1.29 bits per heavy atom. The van der Waals surface area contributed by atoms with Crippen LogP contribution in [-0.4, -0.2) is 46.7 Å². The van der Waals surface area contributed by atoms with Crippen LogP contribution < -0.4 is 0 Å². The van der Waals surface area contributed by atoms with E-state index >= 15 is 0 Å². The lowest BCUT2D eigenvalue weighted by Crippen LogP contribution is -2.57. The van der Waals surface area contributed by atoms with E-state index in [0.29, 0.717) is 6.54 Å². The molecule has 2 atom stereocenters. The van der Waals surface area contributed by atoms with Gasteiger partial charge in [0.25, 0.3) is 0 Å². The van der Waals surface area contributed by atoms with E-state index in [1.807, 2.05) is 20.8 Å². The molecule has 1 amide bonds. The van der Waals surface area contributed by atoms with Gasteiger partial charge in [-0.3, -0.25) is 4.90 Å². The number of aliphatic hydroxyl groups is 1. The Morgan fingerprint density at radius 2 is 2.00 bits per heavy atom. The molecule has 0 bridgehead atoms. The van der Waals surface area contributed by atoms with Gasteiger partial charge in [-0.05, 0) is 59.3 Å². The fourth-order valence-corrected chi connectivity index (χ4v) is 3.31. The Hall–Kier alpha value is -0.810. The number of nitrogens with zero attached hydrogens (tertiary/aromatic N) is 1. The summed E-state index contributed by atoms with van der Waals surface area (Å²) < 4.78 is 11.7. The first-order valence-electron chi connectivity index (χ1n) is 8.16. The average molecular weight is 299 g/mol. The number of amides is 1. The number of carbonyl (C=O) groups excluding carboxylic acids is 1. The molecule has 0 aromatic rings. The Kier molecular flexibility index (Phi) is 5.15. The molecule has 1 N–H and O–H groups in total. The minimum Gasteiger partial charge on any atom is -0.444 e. The second kappa shape index (κ2) is 6.53. The van der Waals surface area contributed by atoms with E-state index < -0.39 is 11.3 Å². The van der Waals surface area contributed by atoms with Gasteiger partial charge in [-0.15, -0.1) is 0 Å². The summed E-state index contributed by atoms with van der Waals surface area (Å²) in [5.41, 5.74) is -1.08. The van der Waals surface area contributed by atoms with Gasteiger partial charge in [0.1, 0.15) is 11.3 Å². The van der Waals surface area contributed by atoms with Crippen LogP contribution in [0.15, 0.2) is 0 Å². The van der Waals surface area contributed by atoms with E-state index in [0.717, 1.165) is 44.9 Å². The maximum absolute atomic E-state index is 12.6. The van der Waals surface area contributed by atoms with Gasteiger partial charge in [-0.1, -0.05) is 6.42 Å². The van der Waals surface area contributed by atoms with Crippen LogP contribution in [-0.2, 0) is 9.47 Å². The first-order chi connectivity index (χ1) is 9.86. The number of aliphatic hydroxyl groups excluding tert-OH is 1. The molecule has 2 aliphatic rings. The predicted molar refractivity (Wildman–Crippen MR) is 79.9 cm³/mol. The van der Waals surface area contributed by atoms with Crippen molar-refractivity contribution < 1.29 is 19.4 Å². The van der Waals surface area contributed by atoms with Crippen LogP contribution in [0.3, 0.4) is 0 Å². The predicted octanol–water partition coefficient (Wildman–Crippen LogP) is 3.06. The lowest BCUT2D eigenvalue weighted by Gasteiger charge is -2.47. The van der Waals surface area contributed by atoms with Gasteiger partial charge in [0, 0.05) is 6.54 Å². The highest BCUT2D eigenvalue weighted by molar-refractivity contribution is 5.69. The number of rotatable bonds is 1. The summed E-state index contributed by atoms with van der Waals surface area (Å²) in [5, 5.41) is 9.43. The third-order valence-electron chi connectivity index (χ3n) is 4.24. The standard InChI is InChI=1S/C16H29NO4/c1-15(2,3)21-14(19)17-11-6-4-5-9-16(17)10-7-8-13(12-18)20-16/h13,18H,4-12H2,1-3H3/t13-,16?/m0/s1. The lowest BCUT2D eigenvalue weighted by atomic mass is 9.94. The lowest BCUT2D eigenvalue weighted by molar-refractivity contribution is -0.212. The molecule has 5 heteroatoms. The Balaban J connectivity index is 2.19. The normalized spacial score (nSPS) is 31.0. The molecule has 0 aliphatic carbocycles. The molecule has 2 rings (SSSR count). The summed E-state index contributed by atoms with van der Waals surface area (Å²) in [5.74, 6) is 0. The molecule has 0 aromatic heterocycles. The van der Waals surface area contributed by atoms with Crippen molar-refractivity contribution in [2.45, 2.75) is 83.1 Å². The van der Waals surface area contributed by atoms with Crippen molar-refractivity contribution in [2.75, 3.05) is 13.2 Å². The molecular weight excluding hydrogens is 270 g/mol. The van der Waals surface area contributed by atoms with Gasteiger partial charge in [0.05, 0.1) is 12.7 Å². The second-order valence-electron chi connectivity index (χ2n) is 7.20. The van der Waals surface area contributed by atoms with Gasteiger partial charge in [-0.25, -0.2) is 4.79 Å². The van der Waals surface area contributed by atoms with Crippen molar-refractivity contribution in [1.82, 2.24) is 4.90 Å². The quantitative estimate of drug-likeness (QED) is 0.808. The largest absolute Gasteiger partial charge is 0.444 e. The van der Waals surface area contributed by atoms with Crippen LogP contribution in [0.1, 0.15) is 65.7 Å². The van der Waals surface area contributed by atoms with Crippen molar-refractivity contribution in [1.29, 1.82) is 0 Å². The molecular formula is C16H29NO4. The third-order valence-corrected chi connectivity index (χ3v) is 4.24. The van der Waals surface area contributed by atoms with Crippen molar-refractivity contribution in [3.63, 3.8) is 0 Å². The average Bonchev–Trinajstić information content (AvgIpc) is 2.59. The molecule has 2 fully saturated rings. The number of likely N-dealkylation sites (tertiary alicyclic amines) is 1. The Morgan fingerprint density at radius 3 is 2.67 bits per heavy atom. The summed E-state index contributed by atoms with van der Waals surface area (Å²) in [4.78, 5) is 14.4. The van der Waals surface area contributed by atoms with Crippen molar-refractivity contribution in [3.05, 3.63) is 0 Å². The summed E-state index contributed by atoms with van der Waals surface area (Å²) in [6.45, 7) is 6.34. The van der Waals surface area contributed by atoms with Gasteiger partial charge in [0.2, 0.25) is 0 Å². The molecule has 21 heavy (non-hydrogen) atoms. The zero-order chi connectivity index (χ0) is 15.5. The molecule has 122 valence electrons. The van der Waals surface area contributed by atoms with Gasteiger partial charge in [0.15, 0.2) is 0 Å². The zero-order valence-corrected chi connectivity index (χ0v) is 13.6. The van der Waals surface area contributed by atoms with E-state index in [2.05, 4.69) is 0 Å². The van der Waals surface area contributed by atoms with Crippen LogP contribution >= 0.6 is 0 Å². The Bertz CT molecular complexity index is 366. The van der Waals surface area contributed by atoms with Crippen LogP contribution in [0.25, 0.3) is 0 Å². The minimum absolute atomic E-state index is 0.0178. The fraction of sp³-hybridized carbons (Fsp3) is 0.938. The van der Waals surface area contributed by atoms with Crippen molar-refractivity contribution >= 4 is 6.09 Å². The number of hydrogen-bond acceptors (Lipinski definition) is 4. The minimum atomic E-state index is -0.579. The first kappa shape index (κ1) is 16.6. The zero-order valence-electron chi connectivity index (χ0n) is 13.6. The number of hydrogen-bond donors (Lipinski definition) is 1. The van der Waals surface area contributed by atoms with E-state index in [1.165, 1.54) is 0 Å². The van der Waals surface area contributed by atoms with Gasteiger partial charge >= 0.3 is 6.09 Å². The summed E-state index contributed by atoms with van der Waals surface area (Å²) >= 11 is 0. The van der Waals surface area contributed by atoms with E-state index in [1.54, 1.807) is 4.90 Å². The fourth-order valence-electron chi connectivity index (χ4n) is 3.31. The van der Waals surface area contributed by atoms with Crippen LogP contribution in [0.2, 0.25) is 0 Å². The molecule has 5 nitrogen and oxygen atoms in total. The van der Waals surface area contributed by atoms with E-state index in [9.17, 15) is 9.90 Å². The molecule has 2 heterocycles. The highest BCUT2D eigenvalue weighted by atomic mass is 16.6. The molecule has 0 radical (unpaired) electrons. The van der Waals surface area contributed by atoms with E-state index in [-0.39, 0.29) is 18.8 Å². The Labute approximate surface area is 127 Å². The number of carbonyl (C=O) groups is 1. The third kappa shape index (κ3) is 4.10. The molecule has 0 saturated carbocycles. The van der Waals surface area contributed by atoms with Gasteiger partial charge in [-0.2, -0.15) is 0 Å². The first-order valence-corrected chi connectivity index (χ1v) is 8.16. The van der Waals surface area contributed by atoms with Crippen LogP contribution in [0, 0.1) is 0 Å². The van der Waals surface area contributed by atoms with Gasteiger partial charge < -0.3 is 14.6 Å². The topological polar surface area (TPSA) is 59.0 Å². The summed E-state index contributed by atoms with van der Waals surface area (Å²) in [7, 11) is 0. The molecule has 1 spiro atoms. The summed E-state index contributed by atoms with van der Waals surface area (Å²) in [6.07, 6.45) is 6.20. The van der Waals surface area contributed by atoms with Crippen LogP contribution in [0.5, 0.6) is 0 Å². The number of ether oxygens (including phenoxy) is 2. The molecule has 2 aliphatic heterocycles. The SMILES string of the molecule is CC(C)(C)OC(=O)N1CCCCCC12CCC[C@@H](CO)O2. The maximum Gasteiger partial charge on any atom is 0.412 e. The van der Waals surface area contributed by atoms with E-state index in [4.69, 9.17) is 9.47 Å². The smallest absolute Gasteiger partial charge is 0.412 e. The summed E-state index contributed by atoms with van der Waals surface area (Å²) in [6, 6.07) is 0. The van der Waals surface area contributed by atoms with Crippen molar-refractivity contribution in [3.8, 4) is 0 Å². The highest BCUT2D eigenvalue weighted by Crippen LogP contribution is 2.39. The maximum atomic E-state index is 12.6. The van der Waals surface area contributed by atoms with Crippen LogP contribution in [0.4, 0.5) is 4.79 Å². The molecule has 0 aromatic carbocycles. The van der Waals surface area contributed by atoms with Crippen molar-refractivity contribution in [2.24, 2.45) is 0 Å². The highest BCUT2D eigenvalue weighted by Gasteiger charge is 2.46. The molecule has 1 unspecified atom stereocenters. The monoisotopic (exact) mass is 299 g/mol.